The van der Waals surface area contributed by atoms with E-state index < -0.39 is 0 Å². The minimum Gasteiger partial charge on any atom is -0.436 e. The van der Waals surface area contributed by atoms with Crippen LogP contribution < -0.4 is 15.0 Å². The summed E-state index contributed by atoms with van der Waals surface area (Å²) in [5.74, 6) is 1.72. The van der Waals surface area contributed by atoms with Crippen LogP contribution >= 0.6 is 23.2 Å². The summed E-state index contributed by atoms with van der Waals surface area (Å²) in [5.41, 5.74) is 1.86. The van der Waals surface area contributed by atoms with E-state index in [0.717, 1.165) is 24.3 Å². The van der Waals surface area contributed by atoms with E-state index in [9.17, 15) is 0 Å². The van der Waals surface area contributed by atoms with Crippen molar-refractivity contribution in [2.75, 3.05) is 23.3 Å². The van der Waals surface area contributed by atoms with E-state index in [0.29, 0.717) is 27.5 Å². The van der Waals surface area contributed by atoms with Crippen LogP contribution in [0.1, 0.15) is 18.5 Å². The number of ether oxygens (including phenoxy) is 1. The first-order chi connectivity index (χ1) is 13.1. The third-order valence-electron chi connectivity index (χ3n) is 4.44. The average molecular weight is 402 g/mol. The molecule has 1 aliphatic rings. The van der Waals surface area contributed by atoms with Crippen LogP contribution in [0.15, 0.2) is 48.8 Å². The SMILES string of the molecule is CC(c1cc(Cl)ccc1Cl)N1CCNc2nnc(Oc3cccnc3)cc21. The van der Waals surface area contributed by atoms with Gasteiger partial charge in [-0.05, 0) is 42.8 Å². The molecule has 0 fully saturated rings. The molecule has 0 spiro atoms. The molecular formula is C19H17Cl2N5O. The number of fused-ring (bicyclic) bond motifs is 1. The second kappa shape index (κ2) is 7.58. The maximum atomic E-state index is 6.42. The number of rotatable bonds is 4. The maximum absolute atomic E-state index is 6.42. The van der Waals surface area contributed by atoms with Crippen LogP contribution in [0.5, 0.6) is 11.6 Å². The predicted molar refractivity (Wildman–Crippen MR) is 107 cm³/mol. The van der Waals surface area contributed by atoms with E-state index >= 15 is 0 Å². The summed E-state index contributed by atoms with van der Waals surface area (Å²) in [5, 5.41) is 13.0. The van der Waals surface area contributed by atoms with Gasteiger partial charge in [0.25, 0.3) is 0 Å². The van der Waals surface area contributed by atoms with Crippen LogP contribution in [-0.4, -0.2) is 28.3 Å². The number of nitrogens with zero attached hydrogens (tertiary/aromatic N) is 4. The summed E-state index contributed by atoms with van der Waals surface area (Å²) in [6.45, 7) is 3.64. The van der Waals surface area contributed by atoms with Crippen molar-refractivity contribution in [1.82, 2.24) is 15.2 Å². The first-order valence-corrected chi connectivity index (χ1v) is 9.28. The van der Waals surface area contributed by atoms with Gasteiger partial charge in [0.1, 0.15) is 5.75 Å². The van der Waals surface area contributed by atoms with Crippen LogP contribution in [0.3, 0.4) is 0 Å². The lowest BCUT2D eigenvalue weighted by molar-refractivity contribution is 0.452. The molecule has 1 aliphatic heterocycles. The Morgan fingerprint density at radius 3 is 2.89 bits per heavy atom. The lowest BCUT2D eigenvalue weighted by atomic mass is 10.1. The molecule has 0 saturated carbocycles. The Morgan fingerprint density at radius 2 is 2.07 bits per heavy atom. The topological polar surface area (TPSA) is 63.2 Å². The molecule has 138 valence electrons. The molecule has 0 bridgehead atoms. The highest BCUT2D eigenvalue weighted by atomic mass is 35.5. The van der Waals surface area contributed by atoms with Crippen LogP contribution in [0.4, 0.5) is 11.5 Å². The Morgan fingerprint density at radius 1 is 1.19 bits per heavy atom. The highest BCUT2D eigenvalue weighted by Gasteiger charge is 2.26. The first kappa shape index (κ1) is 17.8. The number of aromatic nitrogens is 3. The predicted octanol–water partition coefficient (Wildman–Crippen LogP) is 4.96. The smallest absolute Gasteiger partial charge is 0.241 e. The summed E-state index contributed by atoms with van der Waals surface area (Å²) in [6.07, 6.45) is 3.32. The van der Waals surface area contributed by atoms with Crippen LogP contribution in [0, 0.1) is 0 Å². The second-order valence-electron chi connectivity index (χ2n) is 6.17. The van der Waals surface area contributed by atoms with E-state index in [1.54, 1.807) is 24.5 Å². The number of halogens is 2. The van der Waals surface area contributed by atoms with Crippen LogP contribution in [0.25, 0.3) is 0 Å². The molecule has 0 amide bonds. The third-order valence-corrected chi connectivity index (χ3v) is 5.02. The van der Waals surface area contributed by atoms with Gasteiger partial charge in [-0.3, -0.25) is 4.98 Å². The molecule has 0 saturated heterocycles. The van der Waals surface area contributed by atoms with Crippen LogP contribution in [0.2, 0.25) is 10.0 Å². The van der Waals surface area contributed by atoms with Crippen molar-refractivity contribution in [3.8, 4) is 11.6 Å². The second-order valence-corrected chi connectivity index (χ2v) is 7.01. The molecule has 1 atom stereocenters. The highest BCUT2D eigenvalue weighted by molar-refractivity contribution is 6.33. The summed E-state index contributed by atoms with van der Waals surface area (Å²) in [7, 11) is 0. The Balaban J connectivity index is 1.67. The van der Waals surface area contributed by atoms with Crippen molar-refractivity contribution >= 4 is 34.7 Å². The number of hydrogen-bond donors (Lipinski definition) is 1. The first-order valence-electron chi connectivity index (χ1n) is 8.53. The zero-order valence-corrected chi connectivity index (χ0v) is 16.1. The van der Waals surface area contributed by atoms with Gasteiger partial charge >= 0.3 is 0 Å². The van der Waals surface area contributed by atoms with Crippen molar-refractivity contribution in [2.24, 2.45) is 0 Å². The van der Waals surface area contributed by atoms with Crippen molar-refractivity contribution in [2.45, 2.75) is 13.0 Å². The molecule has 8 heteroatoms. The fourth-order valence-electron chi connectivity index (χ4n) is 3.11. The largest absolute Gasteiger partial charge is 0.436 e. The summed E-state index contributed by atoms with van der Waals surface area (Å²) in [4.78, 5) is 6.26. The molecule has 27 heavy (non-hydrogen) atoms. The summed E-state index contributed by atoms with van der Waals surface area (Å²) < 4.78 is 5.78. The van der Waals surface area contributed by atoms with Gasteiger partial charge in [-0.2, -0.15) is 0 Å². The number of hydrogen-bond acceptors (Lipinski definition) is 6. The summed E-state index contributed by atoms with van der Waals surface area (Å²) >= 11 is 12.6. The molecule has 0 aliphatic carbocycles. The molecule has 6 nitrogen and oxygen atoms in total. The van der Waals surface area contributed by atoms with Gasteiger partial charge in [-0.15, -0.1) is 10.2 Å². The van der Waals surface area contributed by atoms with E-state index in [2.05, 4.69) is 32.3 Å². The standard InChI is InChI=1S/C19H17Cl2N5O/c1-12(15-9-13(20)4-5-16(15)21)26-8-7-23-19-17(26)10-18(24-25-19)27-14-3-2-6-22-11-14/h2-6,9-12H,7-8H2,1H3,(H,23,25). The Hall–Kier alpha value is -2.57. The quantitative estimate of drug-likeness (QED) is 0.665. The number of nitrogens with one attached hydrogen (secondary N) is 1. The Labute approximate surface area is 167 Å². The van der Waals surface area contributed by atoms with Crippen molar-refractivity contribution in [3.63, 3.8) is 0 Å². The molecule has 1 unspecified atom stereocenters. The normalized spacial score (nSPS) is 14.3. The molecular weight excluding hydrogens is 385 g/mol. The van der Waals surface area contributed by atoms with E-state index in [-0.39, 0.29) is 6.04 Å². The Bertz CT molecular complexity index is 954. The molecule has 1 N–H and O–H groups in total. The van der Waals surface area contributed by atoms with Crippen LogP contribution in [-0.2, 0) is 0 Å². The minimum absolute atomic E-state index is 0.00694. The minimum atomic E-state index is 0.00694. The van der Waals surface area contributed by atoms with Gasteiger partial charge in [0, 0.05) is 35.4 Å². The van der Waals surface area contributed by atoms with Gasteiger partial charge in [-0.25, -0.2) is 0 Å². The van der Waals surface area contributed by atoms with E-state index in [1.807, 2.05) is 24.3 Å². The maximum Gasteiger partial charge on any atom is 0.241 e. The number of benzene rings is 1. The lowest BCUT2D eigenvalue weighted by Crippen LogP contribution is -2.36. The Kier molecular flexibility index (Phi) is 5.01. The van der Waals surface area contributed by atoms with Gasteiger partial charge in [0.15, 0.2) is 5.82 Å². The van der Waals surface area contributed by atoms with Gasteiger partial charge in [-0.1, -0.05) is 23.2 Å². The zero-order valence-electron chi connectivity index (χ0n) is 14.6. The van der Waals surface area contributed by atoms with Crippen molar-refractivity contribution in [1.29, 1.82) is 0 Å². The molecule has 0 radical (unpaired) electrons. The molecule has 3 heterocycles. The van der Waals surface area contributed by atoms with Crippen molar-refractivity contribution in [3.05, 3.63) is 64.4 Å². The van der Waals surface area contributed by atoms with Crippen molar-refractivity contribution < 1.29 is 4.74 Å². The van der Waals surface area contributed by atoms with E-state index in [1.165, 1.54) is 0 Å². The highest BCUT2D eigenvalue weighted by Crippen LogP contribution is 2.38. The molecule has 2 aromatic heterocycles. The number of anilines is 2. The fourth-order valence-corrected chi connectivity index (χ4v) is 3.56. The summed E-state index contributed by atoms with van der Waals surface area (Å²) in [6, 6.07) is 11.0. The zero-order chi connectivity index (χ0) is 18.8. The lowest BCUT2D eigenvalue weighted by Gasteiger charge is -2.36. The number of pyridine rings is 1. The van der Waals surface area contributed by atoms with Gasteiger partial charge in [0.05, 0.1) is 17.9 Å². The monoisotopic (exact) mass is 401 g/mol. The van der Waals surface area contributed by atoms with E-state index in [4.69, 9.17) is 27.9 Å². The molecule has 3 aromatic rings. The average Bonchev–Trinajstić information content (AvgIpc) is 2.69. The van der Waals surface area contributed by atoms with Gasteiger partial charge in [0.2, 0.25) is 5.88 Å². The molecule has 4 rings (SSSR count). The molecule has 1 aromatic carbocycles. The third kappa shape index (κ3) is 3.77. The fraction of sp³-hybridized carbons (Fsp3) is 0.211. The van der Waals surface area contributed by atoms with Gasteiger partial charge < -0.3 is 15.0 Å².